The molecule has 2 aromatic rings. The molecule has 104 valence electrons. The fourth-order valence-electron chi connectivity index (χ4n) is 2.78. The Morgan fingerprint density at radius 2 is 2.20 bits per heavy atom. The number of nitrogens with zero attached hydrogens (tertiary/aromatic N) is 1. The molecule has 1 aliphatic rings. The van der Waals surface area contributed by atoms with Crippen molar-refractivity contribution in [2.75, 3.05) is 13.1 Å². The molecular weight excluding hydrogens is 270 g/mol. The van der Waals surface area contributed by atoms with Crippen molar-refractivity contribution < 1.29 is 9.90 Å². The Morgan fingerprint density at radius 3 is 2.95 bits per heavy atom. The van der Waals surface area contributed by atoms with Gasteiger partial charge in [-0.2, -0.15) is 0 Å². The monoisotopic (exact) mass is 287 g/mol. The zero-order valence-electron chi connectivity index (χ0n) is 11.2. The summed E-state index contributed by atoms with van der Waals surface area (Å²) in [7, 11) is 0. The van der Waals surface area contributed by atoms with Crippen molar-refractivity contribution in [3.8, 4) is 0 Å². The number of carboxylic acid groups (broad SMARTS) is 1. The summed E-state index contributed by atoms with van der Waals surface area (Å²) >= 11 is 1.80. The summed E-state index contributed by atoms with van der Waals surface area (Å²) in [6.45, 7) is 2.85. The normalized spacial score (nSPS) is 15.0. The molecule has 3 rings (SSSR count). The number of thiophene rings is 1. The highest BCUT2D eigenvalue weighted by Gasteiger charge is 2.20. The summed E-state index contributed by atoms with van der Waals surface area (Å²) in [4.78, 5) is 15.0. The second kappa shape index (κ2) is 5.77. The van der Waals surface area contributed by atoms with Gasteiger partial charge in [-0.1, -0.05) is 18.2 Å². The number of carbonyl (C=O) groups is 1. The van der Waals surface area contributed by atoms with Gasteiger partial charge >= 0.3 is 5.97 Å². The lowest BCUT2D eigenvalue weighted by Crippen LogP contribution is -2.33. The van der Waals surface area contributed by atoms with Crippen LogP contribution in [-0.2, 0) is 19.4 Å². The first-order valence-electron chi connectivity index (χ1n) is 6.83. The average Bonchev–Trinajstić information content (AvgIpc) is 2.97. The highest BCUT2D eigenvalue weighted by molar-refractivity contribution is 7.09. The van der Waals surface area contributed by atoms with Crippen molar-refractivity contribution in [2.24, 2.45) is 0 Å². The summed E-state index contributed by atoms with van der Waals surface area (Å²) < 4.78 is 0. The van der Waals surface area contributed by atoms with E-state index in [1.54, 1.807) is 17.4 Å². The van der Waals surface area contributed by atoms with E-state index in [0.717, 1.165) is 38.0 Å². The third-order valence-corrected chi connectivity index (χ3v) is 4.77. The molecule has 0 saturated heterocycles. The zero-order chi connectivity index (χ0) is 13.9. The quantitative estimate of drug-likeness (QED) is 0.939. The van der Waals surface area contributed by atoms with Gasteiger partial charge in [0, 0.05) is 24.5 Å². The van der Waals surface area contributed by atoms with E-state index in [0.29, 0.717) is 5.56 Å². The van der Waals surface area contributed by atoms with E-state index in [4.69, 9.17) is 0 Å². The number of benzene rings is 1. The molecule has 0 saturated carbocycles. The third-order valence-electron chi connectivity index (χ3n) is 3.83. The molecule has 0 unspecified atom stereocenters. The van der Waals surface area contributed by atoms with Gasteiger partial charge in [-0.3, -0.25) is 4.90 Å². The summed E-state index contributed by atoms with van der Waals surface area (Å²) in [5.74, 6) is -0.811. The largest absolute Gasteiger partial charge is 0.478 e. The lowest BCUT2D eigenvalue weighted by Gasteiger charge is -2.29. The standard InChI is InChI=1S/C16H17NO2S/c18-16(19)15-5-1-3-12-11-17(9-7-14(12)15)8-6-13-4-2-10-20-13/h1-5,10H,6-9,11H2,(H,18,19). The van der Waals surface area contributed by atoms with Crippen LogP contribution in [0.25, 0.3) is 0 Å². The fourth-order valence-corrected chi connectivity index (χ4v) is 3.48. The van der Waals surface area contributed by atoms with E-state index in [2.05, 4.69) is 28.5 Å². The second-order valence-corrected chi connectivity index (χ2v) is 6.14. The van der Waals surface area contributed by atoms with Gasteiger partial charge in [-0.05, 0) is 41.5 Å². The lowest BCUT2D eigenvalue weighted by molar-refractivity contribution is 0.0694. The maximum absolute atomic E-state index is 11.2. The molecule has 0 spiro atoms. The first kappa shape index (κ1) is 13.3. The number of fused-ring (bicyclic) bond motifs is 1. The van der Waals surface area contributed by atoms with Crippen molar-refractivity contribution in [1.29, 1.82) is 0 Å². The number of aromatic carboxylic acids is 1. The van der Waals surface area contributed by atoms with Gasteiger partial charge in [0.1, 0.15) is 0 Å². The highest BCUT2D eigenvalue weighted by atomic mass is 32.1. The zero-order valence-corrected chi connectivity index (χ0v) is 12.0. The molecule has 0 fully saturated rings. The number of rotatable bonds is 4. The minimum Gasteiger partial charge on any atom is -0.478 e. The van der Waals surface area contributed by atoms with Crippen LogP contribution in [0.5, 0.6) is 0 Å². The van der Waals surface area contributed by atoms with Crippen molar-refractivity contribution in [1.82, 2.24) is 4.90 Å². The molecule has 4 heteroatoms. The van der Waals surface area contributed by atoms with E-state index in [9.17, 15) is 9.90 Å². The van der Waals surface area contributed by atoms with Crippen LogP contribution >= 0.6 is 11.3 Å². The minimum absolute atomic E-state index is 0.473. The second-order valence-electron chi connectivity index (χ2n) is 5.10. The predicted molar refractivity (Wildman–Crippen MR) is 80.4 cm³/mol. The van der Waals surface area contributed by atoms with Crippen molar-refractivity contribution >= 4 is 17.3 Å². The van der Waals surface area contributed by atoms with Crippen LogP contribution in [-0.4, -0.2) is 29.1 Å². The molecule has 3 nitrogen and oxygen atoms in total. The van der Waals surface area contributed by atoms with Crippen LogP contribution in [0, 0.1) is 0 Å². The van der Waals surface area contributed by atoms with Gasteiger partial charge < -0.3 is 5.11 Å². The van der Waals surface area contributed by atoms with Gasteiger partial charge in [0.25, 0.3) is 0 Å². The van der Waals surface area contributed by atoms with E-state index < -0.39 is 5.97 Å². The van der Waals surface area contributed by atoms with Gasteiger partial charge in [-0.15, -0.1) is 11.3 Å². The number of hydrogen-bond donors (Lipinski definition) is 1. The van der Waals surface area contributed by atoms with Crippen molar-refractivity contribution in [2.45, 2.75) is 19.4 Å². The predicted octanol–water partition coefficient (Wildman–Crippen LogP) is 3.05. The van der Waals surface area contributed by atoms with Crippen LogP contribution in [0.2, 0.25) is 0 Å². The molecule has 0 bridgehead atoms. The maximum atomic E-state index is 11.2. The Labute approximate surface area is 122 Å². The third kappa shape index (κ3) is 2.76. The van der Waals surface area contributed by atoms with E-state index >= 15 is 0 Å². The molecule has 1 aromatic heterocycles. The van der Waals surface area contributed by atoms with Gasteiger partial charge in [-0.25, -0.2) is 4.79 Å². The van der Waals surface area contributed by atoms with E-state index in [-0.39, 0.29) is 0 Å². The number of hydrogen-bond acceptors (Lipinski definition) is 3. The first-order chi connectivity index (χ1) is 9.74. The summed E-state index contributed by atoms with van der Waals surface area (Å²) in [5.41, 5.74) is 2.66. The van der Waals surface area contributed by atoms with Gasteiger partial charge in [0.05, 0.1) is 5.56 Å². The Kier molecular flexibility index (Phi) is 3.85. The topological polar surface area (TPSA) is 40.5 Å². The van der Waals surface area contributed by atoms with Crippen LogP contribution in [0.15, 0.2) is 35.7 Å². The Morgan fingerprint density at radius 1 is 1.30 bits per heavy atom. The maximum Gasteiger partial charge on any atom is 0.335 e. The first-order valence-corrected chi connectivity index (χ1v) is 7.71. The molecule has 2 heterocycles. The molecule has 0 amide bonds. The minimum atomic E-state index is -0.811. The Hall–Kier alpha value is -1.65. The van der Waals surface area contributed by atoms with E-state index in [1.807, 2.05) is 6.07 Å². The molecule has 1 aliphatic heterocycles. The molecule has 0 aliphatic carbocycles. The smallest absolute Gasteiger partial charge is 0.335 e. The highest BCUT2D eigenvalue weighted by Crippen LogP contribution is 2.23. The molecule has 0 atom stereocenters. The number of carboxylic acids is 1. The molecular formula is C16H17NO2S. The van der Waals surface area contributed by atoms with Crippen LogP contribution in [0.3, 0.4) is 0 Å². The van der Waals surface area contributed by atoms with Crippen LogP contribution < -0.4 is 0 Å². The van der Waals surface area contributed by atoms with Crippen LogP contribution in [0.1, 0.15) is 26.4 Å². The average molecular weight is 287 g/mol. The van der Waals surface area contributed by atoms with Gasteiger partial charge in [0.2, 0.25) is 0 Å². The Bertz CT molecular complexity index is 607. The molecule has 0 radical (unpaired) electrons. The lowest BCUT2D eigenvalue weighted by atomic mass is 9.94. The van der Waals surface area contributed by atoms with E-state index in [1.165, 1.54) is 10.4 Å². The Balaban J connectivity index is 1.69. The van der Waals surface area contributed by atoms with Crippen molar-refractivity contribution in [3.63, 3.8) is 0 Å². The molecule has 1 N–H and O–H groups in total. The van der Waals surface area contributed by atoms with Gasteiger partial charge in [0.15, 0.2) is 0 Å². The summed E-state index contributed by atoms with van der Waals surface area (Å²) in [5, 5.41) is 11.3. The molecule has 1 aromatic carbocycles. The van der Waals surface area contributed by atoms with Crippen LogP contribution in [0.4, 0.5) is 0 Å². The van der Waals surface area contributed by atoms with Crippen molar-refractivity contribution in [3.05, 3.63) is 57.3 Å². The summed E-state index contributed by atoms with van der Waals surface area (Å²) in [6, 6.07) is 9.88. The SMILES string of the molecule is O=C(O)c1cccc2c1CCN(CCc1cccs1)C2. The fraction of sp³-hybridized carbons (Fsp3) is 0.312. The molecule has 20 heavy (non-hydrogen) atoms. The summed E-state index contributed by atoms with van der Waals surface area (Å²) in [6.07, 6.45) is 1.91.